The summed E-state index contributed by atoms with van der Waals surface area (Å²) in [7, 11) is 0. The smallest absolute Gasteiger partial charge is 0.282 e. The number of anilines is 1. The average Bonchev–Trinajstić information content (AvgIpc) is 3.22. The lowest BCUT2D eigenvalue weighted by molar-refractivity contribution is -0.117. The van der Waals surface area contributed by atoms with E-state index in [1.54, 1.807) is 42.5 Å². The van der Waals surface area contributed by atoms with Crippen LogP contribution in [0.5, 0.6) is 0 Å². The number of nitrogens with zero attached hydrogens (tertiary/aromatic N) is 1. The van der Waals surface area contributed by atoms with Crippen molar-refractivity contribution in [1.29, 1.82) is 0 Å². The second kappa shape index (κ2) is 6.85. The van der Waals surface area contributed by atoms with Gasteiger partial charge in [0, 0.05) is 10.0 Å². The highest BCUT2D eigenvalue weighted by Crippen LogP contribution is 2.31. The first kappa shape index (κ1) is 17.2. The Bertz CT molecular complexity index is 1080. The minimum atomic E-state index is -0.509. The molecule has 27 heavy (non-hydrogen) atoms. The molecule has 0 bridgehead atoms. The third-order valence-electron chi connectivity index (χ3n) is 4.02. The van der Waals surface area contributed by atoms with Gasteiger partial charge >= 0.3 is 0 Å². The number of rotatable bonds is 3. The van der Waals surface area contributed by atoms with E-state index in [0.29, 0.717) is 27.2 Å². The highest BCUT2D eigenvalue weighted by molar-refractivity contribution is 9.10. The summed E-state index contributed by atoms with van der Waals surface area (Å²) in [4.78, 5) is 24.8. The summed E-state index contributed by atoms with van der Waals surface area (Å²) in [6, 6.07) is 16.4. The largest absolute Gasteiger partial charge is 0.457 e. The van der Waals surface area contributed by atoms with Gasteiger partial charge in [0.1, 0.15) is 22.9 Å². The lowest BCUT2D eigenvalue weighted by atomic mass is 10.2. The first-order valence-electron chi connectivity index (χ1n) is 8.00. The van der Waals surface area contributed by atoms with Gasteiger partial charge in [-0.1, -0.05) is 18.2 Å². The minimum absolute atomic E-state index is 0.0297. The van der Waals surface area contributed by atoms with Gasteiger partial charge in [0.25, 0.3) is 11.8 Å². The molecule has 2 aromatic carbocycles. The molecule has 3 aromatic rings. The van der Waals surface area contributed by atoms with Gasteiger partial charge in [0.15, 0.2) is 0 Å². The molecule has 5 nitrogen and oxygen atoms in total. The topological polar surface area (TPSA) is 62.6 Å². The molecule has 0 spiro atoms. The molecule has 7 heteroatoms. The van der Waals surface area contributed by atoms with Crippen LogP contribution < -0.4 is 10.4 Å². The third-order valence-corrected chi connectivity index (χ3v) is 4.67. The Kier molecular flexibility index (Phi) is 4.37. The number of carbonyl (C=O) groups excluding carboxylic acids is 2. The number of amides is 2. The van der Waals surface area contributed by atoms with Crippen LogP contribution in [0.1, 0.15) is 5.76 Å². The Balaban J connectivity index is 1.63. The SMILES string of the molecule is O=C1NN(c2ccccc2)C(=O)/C1=C\c1ccc(-c2ccc(F)cc2Br)o1. The predicted octanol–water partition coefficient (Wildman–Crippen LogP) is 4.31. The van der Waals surface area contributed by atoms with Crippen LogP contribution >= 0.6 is 15.9 Å². The van der Waals surface area contributed by atoms with Gasteiger partial charge in [-0.15, -0.1) is 0 Å². The number of carbonyl (C=O) groups is 2. The highest BCUT2D eigenvalue weighted by Gasteiger charge is 2.34. The average molecular weight is 427 g/mol. The van der Waals surface area contributed by atoms with Crippen LogP contribution in [0.15, 0.2) is 75.1 Å². The van der Waals surface area contributed by atoms with Crippen molar-refractivity contribution in [3.63, 3.8) is 0 Å². The maximum atomic E-state index is 13.2. The molecule has 4 rings (SSSR count). The van der Waals surface area contributed by atoms with Gasteiger partial charge < -0.3 is 4.42 Å². The van der Waals surface area contributed by atoms with E-state index < -0.39 is 11.8 Å². The summed E-state index contributed by atoms with van der Waals surface area (Å²) in [5.74, 6) is -0.514. The van der Waals surface area contributed by atoms with E-state index in [0.717, 1.165) is 0 Å². The standard InChI is InChI=1S/C20H12BrFN2O3/c21-17-10-12(22)6-8-15(17)18-9-7-14(27-18)11-16-19(25)23-24(20(16)26)13-4-2-1-3-5-13/h1-11H,(H,23,25)/b16-11-. The molecule has 1 saturated heterocycles. The second-order valence-corrected chi connectivity index (χ2v) is 6.66. The summed E-state index contributed by atoms with van der Waals surface area (Å²) in [6.07, 6.45) is 1.39. The molecule has 1 fully saturated rings. The van der Waals surface area contributed by atoms with Crippen LogP contribution in [-0.2, 0) is 9.59 Å². The molecule has 1 aliphatic heterocycles. The van der Waals surface area contributed by atoms with Crippen LogP contribution in [0.4, 0.5) is 10.1 Å². The fourth-order valence-corrected chi connectivity index (χ4v) is 3.27. The number of para-hydroxylation sites is 1. The zero-order chi connectivity index (χ0) is 19.0. The summed E-state index contributed by atoms with van der Waals surface area (Å²) in [6.45, 7) is 0. The third kappa shape index (κ3) is 3.29. The first-order chi connectivity index (χ1) is 13.0. The Hall–Kier alpha value is -3.19. The van der Waals surface area contributed by atoms with Crippen molar-refractivity contribution in [2.24, 2.45) is 0 Å². The molecule has 1 aromatic heterocycles. The minimum Gasteiger partial charge on any atom is -0.457 e. The Morgan fingerprint density at radius 2 is 1.81 bits per heavy atom. The van der Waals surface area contributed by atoms with Gasteiger partial charge in [0.2, 0.25) is 0 Å². The van der Waals surface area contributed by atoms with Gasteiger partial charge in [-0.2, -0.15) is 0 Å². The molecule has 0 unspecified atom stereocenters. The number of hydrazine groups is 1. The van der Waals surface area contributed by atoms with Crippen molar-refractivity contribution in [3.8, 4) is 11.3 Å². The number of furan rings is 1. The molecule has 0 saturated carbocycles. The van der Waals surface area contributed by atoms with Gasteiger partial charge in [-0.25, -0.2) is 9.40 Å². The van der Waals surface area contributed by atoms with Crippen LogP contribution in [0.3, 0.4) is 0 Å². The molecule has 1 N–H and O–H groups in total. The normalized spacial score (nSPS) is 15.5. The van der Waals surface area contributed by atoms with E-state index in [9.17, 15) is 14.0 Å². The molecular formula is C20H12BrFN2O3. The van der Waals surface area contributed by atoms with Crippen molar-refractivity contribution in [2.45, 2.75) is 0 Å². The van der Waals surface area contributed by atoms with Gasteiger partial charge in [0.05, 0.1) is 5.69 Å². The number of halogens is 2. The van der Waals surface area contributed by atoms with E-state index in [4.69, 9.17) is 4.42 Å². The van der Waals surface area contributed by atoms with Crippen molar-refractivity contribution in [3.05, 3.63) is 82.3 Å². The fraction of sp³-hybridized carbons (Fsp3) is 0. The van der Waals surface area contributed by atoms with E-state index in [1.807, 2.05) is 6.07 Å². The van der Waals surface area contributed by atoms with Crippen molar-refractivity contribution in [1.82, 2.24) is 5.43 Å². The highest BCUT2D eigenvalue weighted by atomic mass is 79.9. The molecule has 0 atom stereocenters. The van der Waals surface area contributed by atoms with E-state index in [1.165, 1.54) is 23.2 Å². The van der Waals surface area contributed by atoms with E-state index >= 15 is 0 Å². The lowest BCUT2D eigenvalue weighted by Crippen LogP contribution is -2.35. The number of nitrogens with one attached hydrogen (secondary N) is 1. The maximum Gasteiger partial charge on any atom is 0.282 e. The van der Waals surface area contributed by atoms with Crippen LogP contribution in [-0.4, -0.2) is 11.8 Å². The van der Waals surface area contributed by atoms with Crippen molar-refractivity contribution >= 4 is 39.5 Å². The molecule has 0 radical (unpaired) electrons. The van der Waals surface area contributed by atoms with Crippen molar-refractivity contribution < 1.29 is 18.4 Å². The summed E-state index contributed by atoms with van der Waals surface area (Å²) < 4.78 is 19.5. The molecule has 0 aliphatic carbocycles. The molecule has 2 heterocycles. The lowest BCUT2D eigenvalue weighted by Gasteiger charge is -2.13. The summed E-state index contributed by atoms with van der Waals surface area (Å²) >= 11 is 3.29. The number of hydrogen-bond acceptors (Lipinski definition) is 3. The second-order valence-electron chi connectivity index (χ2n) is 5.80. The van der Waals surface area contributed by atoms with Gasteiger partial charge in [-0.05, 0) is 64.5 Å². The van der Waals surface area contributed by atoms with E-state index in [2.05, 4.69) is 21.4 Å². The van der Waals surface area contributed by atoms with Crippen LogP contribution in [0.2, 0.25) is 0 Å². The zero-order valence-corrected chi connectivity index (χ0v) is 15.4. The number of benzene rings is 2. The predicted molar refractivity (Wildman–Crippen MR) is 102 cm³/mol. The van der Waals surface area contributed by atoms with Gasteiger partial charge in [-0.3, -0.25) is 15.0 Å². The summed E-state index contributed by atoms with van der Waals surface area (Å²) in [5, 5.41) is 1.19. The Morgan fingerprint density at radius 1 is 1.04 bits per heavy atom. The fourth-order valence-electron chi connectivity index (χ4n) is 2.72. The molecule has 2 amide bonds. The van der Waals surface area contributed by atoms with Crippen molar-refractivity contribution in [2.75, 3.05) is 5.01 Å². The zero-order valence-electron chi connectivity index (χ0n) is 13.8. The van der Waals surface area contributed by atoms with E-state index in [-0.39, 0.29) is 11.4 Å². The molecule has 1 aliphatic rings. The van der Waals surface area contributed by atoms with Crippen LogP contribution in [0, 0.1) is 5.82 Å². The quantitative estimate of drug-likeness (QED) is 0.501. The Labute approximate surface area is 162 Å². The first-order valence-corrected chi connectivity index (χ1v) is 8.80. The number of hydrogen-bond donors (Lipinski definition) is 1. The van der Waals surface area contributed by atoms with Crippen LogP contribution in [0.25, 0.3) is 17.4 Å². The monoisotopic (exact) mass is 426 g/mol. The maximum absolute atomic E-state index is 13.2. The molecular weight excluding hydrogens is 415 g/mol. The Morgan fingerprint density at radius 3 is 2.56 bits per heavy atom. The molecule has 134 valence electrons. The summed E-state index contributed by atoms with van der Waals surface area (Å²) in [5.41, 5.74) is 3.73.